The van der Waals surface area contributed by atoms with Crippen LogP contribution in [0.5, 0.6) is 0 Å². The van der Waals surface area contributed by atoms with Crippen LogP contribution in [-0.2, 0) is 9.53 Å². The SMILES string of the molecule is CC(=O)O[C@@H]1CCC2(C)C(=CCC3C2CCC2(C)C(C(C)CCCC(C)C)CCC32)C1. The lowest BCUT2D eigenvalue weighted by Gasteiger charge is -2.58. The van der Waals surface area contributed by atoms with Crippen molar-refractivity contribution in [1.82, 2.24) is 0 Å². The second-order valence-electron chi connectivity index (χ2n) is 12.8. The Kier molecular flexibility index (Phi) is 6.68. The Morgan fingerprint density at radius 3 is 2.55 bits per heavy atom. The molecule has 0 spiro atoms. The summed E-state index contributed by atoms with van der Waals surface area (Å²) in [4.78, 5) is 11.5. The number of allylic oxidation sites excluding steroid dienone is 1. The number of carbonyl (C=O) groups is 1. The lowest BCUT2D eigenvalue weighted by atomic mass is 9.47. The predicted molar refractivity (Wildman–Crippen MR) is 129 cm³/mol. The smallest absolute Gasteiger partial charge is 0.302 e. The monoisotopic (exact) mass is 428 g/mol. The quantitative estimate of drug-likeness (QED) is 0.317. The van der Waals surface area contributed by atoms with E-state index in [1.54, 1.807) is 12.5 Å². The average molecular weight is 429 g/mol. The minimum atomic E-state index is -0.115. The normalized spacial score (nSPS) is 42.9. The van der Waals surface area contributed by atoms with Crippen molar-refractivity contribution in [2.45, 2.75) is 118 Å². The predicted octanol–water partition coefficient (Wildman–Crippen LogP) is 7.96. The van der Waals surface area contributed by atoms with Gasteiger partial charge in [0.1, 0.15) is 6.10 Å². The molecule has 4 aliphatic carbocycles. The van der Waals surface area contributed by atoms with Crippen molar-refractivity contribution in [3.05, 3.63) is 11.6 Å². The summed E-state index contributed by atoms with van der Waals surface area (Å²) >= 11 is 0. The molecule has 7 unspecified atom stereocenters. The first-order chi connectivity index (χ1) is 14.6. The lowest BCUT2D eigenvalue weighted by molar-refractivity contribution is -0.148. The maximum atomic E-state index is 11.5. The van der Waals surface area contributed by atoms with Gasteiger partial charge in [0.15, 0.2) is 0 Å². The fourth-order valence-corrected chi connectivity index (χ4v) is 8.99. The van der Waals surface area contributed by atoms with Gasteiger partial charge in [-0.3, -0.25) is 4.79 Å². The zero-order valence-corrected chi connectivity index (χ0v) is 21.2. The highest BCUT2D eigenvalue weighted by Gasteiger charge is 2.59. The number of ether oxygens (including phenoxy) is 1. The molecule has 0 aromatic rings. The minimum absolute atomic E-state index is 0.115. The van der Waals surface area contributed by atoms with Gasteiger partial charge in [-0.1, -0.05) is 65.5 Å². The van der Waals surface area contributed by atoms with E-state index in [0.717, 1.165) is 48.3 Å². The fourth-order valence-electron chi connectivity index (χ4n) is 8.99. The molecule has 176 valence electrons. The van der Waals surface area contributed by atoms with E-state index in [0.29, 0.717) is 10.8 Å². The highest BCUT2D eigenvalue weighted by Crippen LogP contribution is 2.67. The van der Waals surface area contributed by atoms with Crippen LogP contribution in [0.25, 0.3) is 0 Å². The molecule has 0 N–H and O–H groups in total. The minimum Gasteiger partial charge on any atom is -0.462 e. The summed E-state index contributed by atoms with van der Waals surface area (Å²) < 4.78 is 5.61. The molecular formula is C29H48O2. The van der Waals surface area contributed by atoms with Gasteiger partial charge >= 0.3 is 5.97 Å². The van der Waals surface area contributed by atoms with E-state index < -0.39 is 0 Å². The molecule has 0 radical (unpaired) electrons. The van der Waals surface area contributed by atoms with Crippen molar-refractivity contribution in [1.29, 1.82) is 0 Å². The Hall–Kier alpha value is -0.790. The molecular weight excluding hydrogens is 380 g/mol. The Bertz CT molecular complexity index is 693. The number of carbonyl (C=O) groups excluding carboxylic acids is 1. The van der Waals surface area contributed by atoms with Crippen LogP contribution in [0.15, 0.2) is 11.6 Å². The van der Waals surface area contributed by atoms with Gasteiger partial charge in [0, 0.05) is 13.3 Å². The highest BCUT2D eigenvalue weighted by atomic mass is 16.5. The Balaban J connectivity index is 1.47. The fraction of sp³-hybridized carbons (Fsp3) is 0.897. The summed E-state index contributed by atoms with van der Waals surface area (Å²) in [6.07, 6.45) is 17.2. The van der Waals surface area contributed by atoms with E-state index in [2.05, 4.69) is 40.7 Å². The summed E-state index contributed by atoms with van der Waals surface area (Å²) in [5, 5.41) is 0. The molecule has 0 aromatic carbocycles. The first kappa shape index (κ1) is 23.4. The molecule has 3 saturated carbocycles. The zero-order valence-electron chi connectivity index (χ0n) is 21.2. The maximum Gasteiger partial charge on any atom is 0.302 e. The Labute approximate surface area is 192 Å². The van der Waals surface area contributed by atoms with Crippen LogP contribution in [0.1, 0.15) is 112 Å². The van der Waals surface area contributed by atoms with Gasteiger partial charge in [-0.25, -0.2) is 0 Å². The molecule has 0 heterocycles. The van der Waals surface area contributed by atoms with Crippen LogP contribution in [0.2, 0.25) is 0 Å². The maximum absolute atomic E-state index is 11.5. The first-order valence-corrected chi connectivity index (χ1v) is 13.5. The highest BCUT2D eigenvalue weighted by molar-refractivity contribution is 5.66. The van der Waals surface area contributed by atoms with Crippen molar-refractivity contribution >= 4 is 5.97 Å². The van der Waals surface area contributed by atoms with Crippen LogP contribution in [-0.4, -0.2) is 12.1 Å². The molecule has 4 rings (SSSR count). The number of rotatable bonds is 6. The number of hydrogen-bond donors (Lipinski definition) is 0. The Morgan fingerprint density at radius 1 is 1.06 bits per heavy atom. The van der Waals surface area contributed by atoms with Gasteiger partial charge in [0.25, 0.3) is 0 Å². The average Bonchev–Trinajstić information content (AvgIpc) is 3.05. The topological polar surface area (TPSA) is 26.3 Å². The van der Waals surface area contributed by atoms with Gasteiger partial charge in [0.05, 0.1) is 0 Å². The van der Waals surface area contributed by atoms with Gasteiger partial charge in [0.2, 0.25) is 0 Å². The molecule has 2 nitrogen and oxygen atoms in total. The van der Waals surface area contributed by atoms with Gasteiger partial charge < -0.3 is 4.74 Å². The third-order valence-electron chi connectivity index (χ3n) is 10.6. The molecule has 0 saturated heterocycles. The summed E-state index contributed by atoms with van der Waals surface area (Å²) in [7, 11) is 0. The van der Waals surface area contributed by atoms with Gasteiger partial charge in [-0.05, 0) is 91.3 Å². The summed E-state index contributed by atoms with van der Waals surface area (Å²) in [6, 6.07) is 0. The molecule has 0 bridgehead atoms. The summed E-state index contributed by atoms with van der Waals surface area (Å²) in [5.41, 5.74) is 2.53. The second kappa shape index (κ2) is 8.86. The van der Waals surface area contributed by atoms with Crippen molar-refractivity contribution in [2.24, 2.45) is 46.3 Å². The van der Waals surface area contributed by atoms with Crippen LogP contribution >= 0.6 is 0 Å². The van der Waals surface area contributed by atoms with E-state index in [-0.39, 0.29) is 12.1 Å². The van der Waals surface area contributed by atoms with Crippen LogP contribution in [0, 0.1) is 46.3 Å². The van der Waals surface area contributed by atoms with Gasteiger partial charge in [-0.2, -0.15) is 0 Å². The number of esters is 1. The first-order valence-electron chi connectivity index (χ1n) is 13.5. The third kappa shape index (κ3) is 4.26. The van der Waals surface area contributed by atoms with E-state index in [1.165, 1.54) is 57.8 Å². The molecule has 8 atom stereocenters. The van der Waals surface area contributed by atoms with Crippen molar-refractivity contribution in [2.75, 3.05) is 0 Å². The molecule has 0 amide bonds. The van der Waals surface area contributed by atoms with E-state index in [1.807, 2.05) is 0 Å². The molecule has 4 aliphatic rings. The molecule has 31 heavy (non-hydrogen) atoms. The summed E-state index contributed by atoms with van der Waals surface area (Å²) in [6.45, 7) is 14.1. The van der Waals surface area contributed by atoms with Crippen molar-refractivity contribution in [3.63, 3.8) is 0 Å². The summed E-state index contributed by atoms with van der Waals surface area (Å²) in [5.74, 6) is 5.19. The van der Waals surface area contributed by atoms with Crippen LogP contribution in [0.3, 0.4) is 0 Å². The van der Waals surface area contributed by atoms with Crippen LogP contribution in [0.4, 0.5) is 0 Å². The zero-order chi connectivity index (χ0) is 22.4. The van der Waals surface area contributed by atoms with Crippen molar-refractivity contribution in [3.8, 4) is 0 Å². The van der Waals surface area contributed by atoms with Gasteiger partial charge in [-0.15, -0.1) is 0 Å². The standard InChI is InChI=1S/C29H48O2/c1-19(2)8-7-9-20(3)25-12-13-26-24-11-10-22-18-23(31-21(4)30)14-16-28(22,5)27(24)15-17-29(25,26)6/h10,19-20,23-27H,7-9,11-18H2,1-6H3/t20?,23-,24?,25?,26?,27?,28?,29?/m1/s1. The van der Waals surface area contributed by atoms with E-state index in [9.17, 15) is 4.79 Å². The van der Waals surface area contributed by atoms with E-state index in [4.69, 9.17) is 4.74 Å². The third-order valence-corrected chi connectivity index (χ3v) is 10.6. The molecule has 0 aliphatic heterocycles. The van der Waals surface area contributed by atoms with Crippen molar-refractivity contribution < 1.29 is 9.53 Å². The molecule has 2 heteroatoms. The largest absolute Gasteiger partial charge is 0.462 e. The number of hydrogen-bond acceptors (Lipinski definition) is 2. The number of fused-ring (bicyclic) bond motifs is 5. The Morgan fingerprint density at radius 2 is 1.84 bits per heavy atom. The lowest BCUT2D eigenvalue weighted by Crippen LogP contribution is -2.51. The molecule has 0 aromatic heterocycles. The second-order valence-corrected chi connectivity index (χ2v) is 12.8. The van der Waals surface area contributed by atoms with E-state index >= 15 is 0 Å². The van der Waals surface area contributed by atoms with Crippen LogP contribution < -0.4 is 0 Å². The molecule has 3 fully saturated rings.